The van der Waals surface area contributed by atoms with Crippen molar-refractivity contribution >= 4 is 21.6 Å². The molecule has 1 unspecified atom stereocenters. The molecule has 8 heteroatoms. The summed E-state index contributed by atoms with van der Waals surface area (Å²) >= 11 is 0. The van der Waals surface area contributed by atoms with Gasteiger partial charge in [-0.15, -0.1) is 0 Å². The predicted molar refractivity (Wildman–Crippen MR) is 81.9 cm³/mol. The first kappa shape index (κ1) is 17.4. The molecule has 0 heterocycles. The average Bonchev–Trinajstić information content (AvgIpc) is 2.36. The summed E-state index contributed by atoms with van der Waals surface area (Å²) in [6.45, 7) is 6.97. The lowest BCUT2D eigenvalue weighted by molar-refractivity contribution is -0.123. The van der Waals surface area contributed by atoms with Gasteiger partial charge in [0.05, 0.1) is 10.9 Å². The van der Waals surface area contributed by atoms with E-state index < -0.39 is 21.6 Å². The molecule has 0 aliphatic carbocycles. The van der Waals surface area contributed by atoms with Crippen molar-refractivity contribution < 1.29 is 13.2 Å². The number of hydrazine groups is 1. The number of rotatable bonds is 5. The lowest BCUT2D eigenvalue weighted by Crippen LogP contribution is -2.50. The van der Waals surface area contributed by atoms with E-state index in [0.29, 0.717) is 5.69 Å². The minimum atomic E-state index is -3.76. The molecule has 0 saturated heterocycles. The van der Waals surface area contributed by atoms with E-state index in [1.54, 1.807) is 0 Å². The Morgan fingerprint density at radius 2 is 1.71 bits per heavy atom. The molecule has 0 fully saturated rings. The van der Waals surface area contributed by atoms with Crippen LogP contribution in [0.5, 0.6) is 0 Å². The molecule has 0 spiro atoms. The fourth-order valence-electron chi connectivity index (χ4n) is 1.56. The van der Waals surface area contributed by atoms with Crippen molar-refractivity contribution in [1.82, 2.24) is 10.0 Å². The van der Waals surface area contributed by atoms with E-state index in [0.717, 1.165) is 0 Å². The number of benzene rings is 1. The van der Waals surface area contributed by atoms with Crippen LogP contribution in [0.3, 0.4) is 0 Å². The quantitative estimate of drug-likeness (QED) is 0.468. The highest BCUT2D eigenvalue weighted by Gasteiger charge is 2.24. The maximum absolute atomic E-state index is 12.2. The zero-order valence-corrected chi connectivity index (χ0v) is 13.4. The molecule has 1 aromatic carbocycles. The molecule has 1 rings (SSSR count). The summed E-state index contributed by atoms with van der Waals surface area (Å²) in [5.41, 5.74) is 2.58. The third-order valence-corrected chi connectivity index (χ3v) is 4.11. The van der Waals surface area contributed by atoms with Crippen LogP contribution < -0.4 is 21.3 Å². The van der Waals surface area contributed by atoms with E-state index in [2.05, 4.69) is 15.5 Å². The summed E-state index contributed by atoms with van der Waals surface area (Å²) in [4.78, 5) is 12.0. The number of hydrogen-bond donors (Lipinski definition) is 4. The van der Waals surface area contributed by atoms with Crippen LogP contribution in [0.25, 0.3) is 0 Å². The Bertz CT molecular complexity index is 591. The highest BCUT2D eigenvalue weighted by atomic mass is 32.2. The first-order valence-corrected chi connectivity index (χ1v) is 7.94. The summed E-state index contributed by atoms with van der Waals surface area (Å²) in [6, 6.07) is 5.02. The second kappa shape index (κ2) is 6.42. The van der Waals surface area contributed by atoms with Gasteiger partial charge in [0.2, 0.25) is 15.9 Å². The number of nitrogens with two attached hydrogens (primary N) is 1. The van der Waals surface area contributed by atoms with Gasteiger partial charge in [0.25, 0.3) is 0 Å². The largest absolute Gasteiger partial charge is 0.350 e. The number of carbonyl (C=O) groups excluding carboxylic acids is 1. The normalized spacial score (nSPS) is 13.6. The number of nitrogen functional groups attached to an aromatic ring is 1. The molecule has 118 valence electrons. The summed E-state index contributed by atoms with van der Waals surface area (Å²) in [5, 5.41) is 2.72. The highest BCUT2D eigenvalue weighted by Crippen LogP contribution is 2.13. The maximum Gasteiger partial charge on any atom is 0.241 e. The van der Waals surface area contributed by atoms with Crippen LogP contribution >= 0.6 is 0 Å². The Balaban J connectivity index is 2.81. The number of hydrogen-bond acceptors (Lipinski definition) is 5. The van der Waals surface area contributed by atoms with Gasteiger partial charge in [-0.05, 0) is 52.0 Å². The summed E-state index contributed by atoms with van der Waals surface area (Å²) in [7, 11) is -3.76. The minimum Gasteiger partial charge on any atom is -0.350 e. The van der Waals surface area contributed by atoms with Crippen LogP contribution in [-0.4, -0.2) is 25.9 Å². The first-order valence-electron chi connectivity index (χ1n) is 6.46. The monoisotopic (exact) mass is 314 g/mol. The lowest BCUT2D eigenvalue weighted by atomic mass is 10.1. The Morgan fingerprint density at radius 3 is 2.14 bits per heavy atom. The van der Waals surface area contributed by atoms with Crippen LogP contribution in [0.15, 0.2) is 29.2 Å². The molecule has 0 bridgehead atoms. The molecule has 5 N–H and O–H groups in total. The molecule has 1 aromatic rings. The van der Waals surface area contributed by atoms with E-state index in [9.17, 15) is 13.2 Å². The van der Waals surface area contributed by atoms with Crippen LogP contribution in [0, 0.1) is 0 Å². The molecule has 7 nitrogen and oxygen atoms in total. The predicted octanol–water partition coefficient (Wildman–Crippen LogP) is 0.554. The molecule has 21 heavy (non-hydrogen) atoms. The van der Waals surface area contributed by atoms with E-state index in [1.165, 1.54) is 31.2 Å². The number of anilines is 1. The SMILES string of the molecule is CC(NS(=O)(=O)c1ccc(NN)cc1)C(=O)NC(C)(C)C. The number of nitrogens with one attached hydrogen (secondary N) is 3. The second-order valence-corrected chi connectivity index (χ2v) is 7.46. The zero-order valence-electron chi connectivity index (χ0n) is 12.6. The number of sulfonamides is 1. The van der Waals surface area contributed by atoms with Gasteiger partial charge in [-0.2, -0.15) is 4.72 Å². The molecular weight excluding hydrogens is 292 g/mol. The molecule has 0 aromatic heterocycles. The summed E-state index contributed by atoms with van der Waals surface area (Å²) in [5.74, 6) is 4.84. The van der Waals surface area contributed by atoms with Crippen molar-refractivity contribution in [3.8, 4) is 0 Å². The summed E-state index contributed by atoms with van der Waals surface area (Å²) < 4.78 is 26.7. The van der Waals surface area contributed by atoms with Crippen molar-refractivity contribution in [1.29, 1.82) is 0 Å². The van der Waals surface area contributed by atoms with Gasteiger partial charge in [-0.3, -0.25) is 10.6 Å². The zero-order chi connectivity index (χ0) is 16.3. The van der Waals surface area contributed by atoms with Crippen LogP contribution in [-0.2, 0) is 14.8 Å². The third-order valence-electron chi connectivity index (χ3n) is 2.55. The molecule has 0 radical (unpaired) electrons. The topological polar surface area (TPSA) is 113 Å². The first-order chi connectivity index (χ1) is 9.55. The fourth-order valence-corrected chi connectivity index (χ4v) is 2.77. The Kier molecular flexibility index (Phi) is 5.32. The average molecular weight is 314 g/mol. The standard InChI is InChI=1S/C13H22N4O3S/c1-9(12(18)15-13(2,3)4)17-21(19,20)11-7-5-10(16-14)6-8-11/h5-9,16-17H,14H2,1-4H3,(H,15,18). The maximum atomic E-state index is 12.2. The van der Waals surface area contributed by atoms with Crippen molar-refractivity contribution in [3.05, 3.63) is 24.3 Å². The van der Waals surface area contributed by atoms with Crippen molar-refractivity contribution in [2.45, 2.75) is 44.2 Å². The van der Waals surface area contributed by atoms with Gasteiger partial charge in [-0.1, -0.05) is 0 Å². The van der Waals surface area contributed by atoms with Crippen LogP contribution in [0.2, 0.25) is 0 Å². The lowest BCUT2D eigenvalue weighted by Gasteiger charge is -2.23. The van der Waals surface area contributed by atoms with Gasteiger partial charge in [0, 0.05) is 11.2 Å². The van der Waals surface area contributed by atoms with Crippen molar-refractivity contribution in [3.63, 3.8) is 0 Å². The smallest absolute Gasteiger partial charge is 0.241 e. The van der Waals surface area contributed by atoms with Gasteiger partial charge in [0.1, 0.15) is 0 Å². The van der Waals surface area contributed by atoms with E-state index in [-0.39, 0.29) is 10.8 Å². The fraction of sp³-hybridized carbons (Fsp3) is 0.462. The molecule has 1 atom stereocenters. The Hall–Kier alpha value is -1.64. The molecule has 1 amide bonds. The molecule has 0 aliphatic heterocycles. The highest BCUT2D eigenvalue weighted by molar-refractivity contribution is 7.89. The molecule has 0 aliphatic rings. The molecule has 0 saturated carbocycles. The van der Waals surface area contributed by atoms with Crippen molar-refractivity contribution in [2.75, 3.05) is 5.43 Å². The van der Waals surface area contributed by atoms with Gasteiger partial charge in [0.15, 0.2) is 0 Å². The third kappa shape index (κ3) is 5.33. The van der Waals surface area contributed by atoms with Gasteiger partial charge < -0.3 is 10.7 Å². The minimum absolute atomic E-state index is 0.0666. The summed E-state index contributed by atoms with van der Waals surface area (Å²) in [6.07, 6.45) is 0. The van der Waals surface area contributed by atoms with Crippen LogP contribution in [0.4, 0.5) is 5.69 Å². The Labute approximate surface area is 125 Å². The van der Waals surface area contributed by atoms with E-state index >= 15 is 0 Å². The van der Waals surface area contributed by atoms with E-state index in [1.807, 2.05) is 20.8 Å². The second-order valence-electron chi connectivity index (χ2n) is 5.75. The number of amides is 1. The van der Waals surface area contributed by atoms with Crippen molar-refractivity contribution in [2.24, 2.45) is 5.84 Å². The van der Waals surface area contributed by atoms with E-state index in [4.69, 9.17) is 5.84 Å². The van der Waals surface area contributed by atoms with Gasteiger partial charge in [-0.25, -0.2) is 8.42 Å². The van der Waals surface area contributed by atoms with Crippen LogP contribution in [0.1, 0.15) is 27.7 Å². The number of carbonyl (C=O) groups is 1. The molecular formula is C13H22N4O3S. The van der Waals surface area contributed by atoms with Gasteiger partial charge >= 0.3 is 0 Å². The Morgan fingerprint density at radius 1 is 1.19 bits per heavy atom.